The molecule has 2 heterocycles. The van der Waals surface area contributed by atoms with Crippen LogP contribution >= 0.6 is 11.8 Å². The fourth-order valence-electron chi connectivity index (χ4n) is 5.55. The molecule has 1 atom stereocenters. The summed E-state index contributed by atoms with van der Waals surface area (Å²) < 4.78 is 0. The summed E-state index contributed by atoms with van der Waals surface area (Å²) in [6, 6.07) is 0.0549. The van der Waals surface area contributed by atoms with Gasteiger partial charge in [-0.1, -0.05) is 25.7 Å². The van der Waals surface area contributed by atoms with Crippen molar-refractivity contribution in [3.63, 3.8) is 0 Å². The monoisotopic (exact) mass is 393 g/mol. The van der Waals surface area contributed by atoms with Crippen LogP contribution in [0.1, 0.15) is 51.4 Å². The molecule has 4 aliphatic rings. The highest BCUT2D eigenvalue weighted by Crippen LogP contribution is 2.33. The van der Waals surface area contributed by atoms with Crippen LogP contribution in [0, 0.1) is 11.8 Å². The van der Waals surface area contributed by atoms with Crippen LogP contribution in [0.5, 0.6) is 0 Å². The van der Waals surface area contributed by atoms with Crippen LogP contribution in [0.2, 0.25) is 0 Å². The molecule has 4 rings (SSSR count). The molecule has 27 heavy (non-hydrogen) atoms. The van der Waals surface area contributed by atoms with Gasteiger partial charge >= 0.3 is 0 Å². The van der Waals surface area contributed by atoms with Crippen LogP contribution in [0.4, 0.5) is 0 Å². The Hall–Kier alpha value is -0.750. The second-order valence-corrected chi connectivity index (χ2v) is 9.99. The van der Waals surface area contributed by atoms with Crippen LogP contribution in [-0.2, 0) is 9.59 Å². The van der Waals surface area contributed by atoms with Gasteiger partial charge in [-0.2, -0.15) is 11.8 Å². The van der Waals surface area contributed by atoms with Gasteiger partial charge in [-0.3, -0.25) is 14.5 Å². The van der Waals surface area contributed by atoms with Gasteiger partial charge < -0.3 is 9.80 Å². The van der Waals surface area contributed by atoms with Gasteiger partial charge in [-0.15, -0.1) is 0 Å². The molecule has 152 valence electrons. The number of piperazine rings is 1. The van der Waals surface area contributed by atoms with Gasteiger partial charge in [-0.05, 0) is 31.6 Å². The van der Waals surface area contributed by atoms with Gasteiger partial charge in [-0.25, -0.2) is 0 Å². The number of carbonyl (C=O) groups is 2. The lowest BCUT2D eigenvalue weighted by atomic mass is 9.94. The van der Waals surface area contributed by atoms with E-state index >= 15 is 0 Å². The van der Waals surface area contributed by atoms with Crippen molar-refractivity contribution in [2.24, 2.45) is 11.8 Å². The van der Waals surface area contributed by atoms with Crippen LogP contribution in [-0.4, -0.2) is 83.3 Å². The molecule has 2 aliphatic carbocycles. The summed E-state index contributed by atoms with van der Waals surface area (Å²) in [5.74, 6) is 3.69. The van der Waals surface area contributed by atoms with E-state index in [0.717, 1.165) is 63.6 Å². The molecule has 2 amide bonds. The summed E-state index contributed by atoms with van der Waals surface area (Å²) in [6.45, 7) is 5.17. The predicted molar refractivity (Wildman–Crippen MR) is 110 cm³/mol. The quantitative estimate of drug-likeness (QED) is 0.736. The van der Waals surface area contributed by atoms with E-state index in [9.17, 15) is 9.59 Å². The van der Waals surface area contributed by atoms with E-state index in [0.29, 0.717) is 17.7 Å². The Morgan fingerprint density at radius 1 is 0.741 bits per heavy atom. The van der Waals surface area contributed by atoms with E-state index in [-0.39, 0.29) is 12.0 Å². The van der Waals surface area contributed by atoms with Gasteiger partial charge in [0, 0.05) is 56.7 Å². The summed E-state index contributed by atoms with van der Waals surface area (Å²) in [7, 11) is 0. The lowest BCUT2D eigenvalue weighted by molar-refractivity contribution is -0.142. The molecule has 0 N–H and O–H groups in total. The summed E-state index contributed by atoms with van der Waals surface area (Å²) in [5, 5.41) is 0. The van der Waals surface area contributed by atoms with Crippen LogP contribution in [0.3, 0.4) is 0 Å². The lowest BCUT2D eigenvalue weighted by Gasteiger charge is -2.43. The summed E-state index contributed by atoms with van der Waals surface area (Å²) in [4.78, 5) is 32.8. The van der Waals surface area contributed by atoms with Gasteiger partial charge in [0.2, 0.25) is 11.8 Å². The summed E-state index contributed by atoms with van der Waals surface area (Å²) in [5.41, 5.74) is 0. The highest BCUT2D eigenvalue weighted by atomic mass is 32.2. The van der Waals surface area contributed by atoms with Crippen LogP contribution in [0.25, 0.3) is 0 Å². The first-order valence-corrected chi connectivity index (χ1v) is 12.3. The van der Waals surface area contributed by atoms with Gasteiger partial charge in [0.15, 0.2) is 0 Å². The normalized spacial score (nSPS) is 27.3. The van der Waals surface area contributed by atoms with Crippen molar-refractivity contribution in [3.05, 3.63) is 0 Å². The van der Waals surface area contributed by atoms with Crippen molar-refractivity contribution in [2.45, 2.75) is 57.4 Å². The summed E-state index contributed by atoms with van der Waals surface area (Å²) >= 11 is 1.96. The molecule has 2 aliphatic heterocycles. The molecule has 0 radical (unpaired) electrons. The number of hydrogen-bond acceptors (Lipinski definition) is 4. The third-order valence-electron chi connectivity index (χ3n) is 7.15. The summed E-state index contributed by atoms with van der Waals surface area (Å²) in [6.07, 6.45) is 9.51. The largest absolute Gasteiger partial charge is 0.340 e. The van der Waals surface area contributed by atoms with Crippen LogP contribution in [0.15, 0.2) is 0 Å². The fourth-order valence-corrected chi connectivity index (χ4v) is 6.45. The maximum absolute atomic E-state index is 13.4. The Kier molecular flexibility index (Phi) is 6.64. The first-order valence-electron chi connectivity index (χ1n) is 11.1. The first kappa shape index (κ1) is 19.6. The molecule has 0 aromatic rings. The Morgan fingerprint density at radius 2 is 1.33 bits per heavy atom. The van der Waals surface area contributed by atoms with Crippen molar-refractivity contribution >= 4 is 23.6 Å². The SMILES string of the molecule is O=C(C1CCCC1)N1CCN(C(C(=O)N2CCSCC2)C2CCCC2)CC1. The molecule has 5 nitrogen and oxygen atoms in total. The van der Waals surface area contributed by atoms with E-state index in [1.807, 2.05) is 11.8 Å². The first-order chi connectivity index (χ1) is 13.2. The average Bonchev–Trinajstić information content (AvgIpc) is 3.43. The molecule has 1 unspecified atom stereocenters. The zero-order valence-corrected chi connectivity index (χ0v) is 17.4. The van der Waals surface area contributed by atoms with Crippen molar-refractivity contribution in [3.8, 4) is 0 Å². The smallest absolute Gasteiger partial charge is 0.240 e. The molecule has 2 saturated carbocycles. The Labute approximate surface area is 168 Å². The molecular weight excluding hydrogens is 358 g/mol. The van der Waals surface area contributed by atoms with E-state index < -0.39 is 0 Å². The fraction of sp³-hybridized carbons (Fsp3) is 0.905. The van der Waals surface area contributed by atoms with Gasteiger partial charge in [0.1, 0.15) is 0 Å². The van der Waals surface area contributed by atoms with Crippen molar-refractivity contribution in [1.29, 1.82) is 0 Å². The van der Waals surface area contributed by atoms with Gasteiger partial charge in [0.25, 0.3) is 0 Å². The Balaban J connectivity index is 1.38. The predicted octanol–water partition coefficient (Wildman–Crippen LogP) is 2.46. The van der Waals surface area contributed by atoms with E-state index in [2.05, 4.69) is 14.7 Å². The number of rotatable bonds is 4. The lowest BCUT2D eigenvalue weighted by Crippen LogP contribution is -2.59. The number of thioether (sulfide) groups is 1. The molecule has 4 fully saturated rings. The minimum Gasteiger partial charge on any atom is -0.340 e. The minimum atomic E-state index is 0.0549. The Morgan fingerprint density at radius 3 is 1.96 bits per heavy atom. The maximum Gasteiger partial charge on any atom is 0.240 e. The number of amides is 2. The zero-order chi connectivity index (χ0) is 18.6. The molecule has 0 bridgehead atoms. The molecule has 2 saturated heterocycles. The highest BCUT2D eigenvalue weighted by molar-refractivity contribution is 7.99. The molecule has 0 aromatic heterocycles. The minimum absolute atomic E-state index is 0.0549. The maximum atomic E-state index is 13.4. The molecule has 0 aromatic carbocycles. The third-order valence-corrected chi connectivity index (χ3v) is 8.09. The Bertz CT molecular complexity index is 518. The number of hydrogen-bond donors (Lipinski definition) is 0. The second-order valence-electron chi connectivity index (χ2n) is 8.77. The molecule has 0 spiro atoms. The van der Waals surface area contributed by atoms with Crippen molar-refractivity contribution in [2.75, 3.05) is 50.8 Å². The van der Waals surface area contributed by atoms with E-state index in [1.165, 1.54) is 38.5 Å². The third kappa shape index (κ3) is 4.47. The van der Waals surface area contributed by atoms with E-state index in [1.54, 1.807) is 0 Å². The second kappa shape index (κ2) is 9.17. The van der Waals surface area contributed by atoms with Crippen molar-refractivity contribution < 1.29 is 9.59 Å². The van der Waals surface area contributed by atoms with Gasteiger partial charge in [0.05, 0.1) is 6.04 Å². The van der Waals surface area contributed by atoms with E-state index in [4.69, 9.17) is 0 Å². The van der Waals surface area contributed by atoms with Crippen molar-refractivity contribution in [1.82, 2.24) is 14.7 Å². The highest BCUT2D eigenvalue weighted by Gasteiger charge is 2.40. The topological polar surface area (TPSA) is 43.9 Å². The number of nitrogens with zero attached hydrogens (tertiary/aromatic N) is 3. The standard InChI is InChI=1S/C21H35N3O2S/c25-20(18-7-3-4-8-18)23-11-9-22(10-12-23)19(17-5-1-2-6-17)21(26)24-13-15-27-16-14-24/h17-19H,1-16H2. The van der Waals surface area contributed by atoms with Crippen LogP contribution < -0.4 is 0 Å². The average molecular weight is 394 g/mol. The zero-order valence-electron chi connectivity index (χ0n) is 16.6. The molecular formula is C21H35N3O2S. The molecule has 6 heteroatoms. The number of carbonyl (C=O) groups excluding carboxylic acids is 2.